The Hall–Kier alpha value is -1.14. The molecule has 1 atom stereocenters. The molecule has 1 fully saturated rings. The smallest absolute Gasteiger partial charge is 0.247 e. The van der Waals surface area contributed by atoms with Crippen LogP contribution >= 0.6 is 0 Å². The molecule has 0 amide bonds. The number of carbonyl (C=O) groups is 2. The lowest BCUT2D eigenvalue weighted by Gasteiger charge is -2.27. The van der Waals surface area contributed by atoms with Crippen LogP contribution in [0.15, 0.2) is 0 Å². The minimum absolute atomic E-state index is 0.257. The van der Waals surface area contributed by atoms with Crippen molar-refractivity contribution in [3.05, 3.63) is 0 Å². The average Bonchev–Trinajstić information content (AvgIpc) is 3.12. The van der Waals surface area contributed by atoms with E-state index >= 15 is 0 Å². The Morgan fingerprint density at radius 2 is 1.70 bits per heavy atom. The fourth-order valence-corrected chi connectivity index (χ4v) is 2.03. The second-order valence-electron chi connectivity index (χ2n) is 6.15. The third kappa shape index (κ3) is 4.18. The van der Waals surface area contributed by atoms with Gasteiger partial charge in [0.1, 0.15) is 0 Å². The van der Waals surface area contributed by atoms with Crippen molar-refractivity contribution in [3.8, 4) is 0 Å². The van der Waals surface area contributed by atoms with Crippen molar-refractivity contribution in [2.45, 2.75) is 66.1 Å². The molecule has 0 aromatic rings. The van der Waals surface area contributed by atoms with Crippen molar-refractivity contribution >= 4 is 11.9 Å². The highest BCUT2D eigenvalue weighted by molar-refractivity contribution is 5.80. The molecule has 20 heavy (non-hydrogen) atoms. The SMILES string of the molecule is CCCC(C(=O)OOC(=O)C1(CCC)OO1)C(C)(C)C. The van der Waals surface area contributed by atoms with Gasteiger partial charge in [0.25, 0.3) is 0 Å². The van der Waals surface area contributed by atoms with Crippen LogP contribution in [0.4, 0.5) is 0 Å². The van der Waals surface area contributed by atoms with Gasteiger partial charge >= 0.3 is 17.7 Å². The molecule has 0 N–H and O–H groups in total. The van der Waals surface area contributed by atoms with E-state index in [1.165, 1.54) is 0 Å². The molecule has 0 saturated carbocycles. The van der Waals surface area contributed by atoms with Gasteiger partial charge in [-0.3, -0.25) is 0 Å². The zero-order valence-electron chi connectivity index (χ0n) is 12.9. The second-order valence-corrected chi connectivity index (χ2v) is 6.15. The van der Waals surface area contributed by atoms with Gasteiger partial charge in [-0.25, -0.2) is 19.4 Å². The Morgan fingerprint density at radius 3 is 2.10 bits per heavy atom. The van der Waals surface area contributed by atoms with Crippen molar-refractivity contribution in [2.24, 2.45) is 11.3 Å². The second kappa shape index (κ2) is 6.54. The number of carbonyl (C=O) groups excluding carboxylic acids is 2. The van der Waals surface area contributed by atoms with Gasteiger partial charge in [0.2, 0.25) is 0 Å². The van der Waals surface area contributed by atoms with Gasteiger partial charge in [-0.15, -0.1) is 0 Å². The lowest BCUT2D eigenvalue weighted by Crippen LogP contribution is -2.33. The Labute approximate surface area is 119 Å². The van der Waals surface area contributed by atoms with Crippen molar-refractivity contribution in [3.63, 3.8) is 0 Å². The number of hydrogen-bond acceptors (Lipinski definition) is 6. The average molecular weight is 288 g/mol. The lowest BCUT2D eigenvalue weighted by atomic mass is 9.78. The molecule has 1 unspecified atom stereocenters. The third-order valence-electron chi connectivity index (χ3n) is 3.28. The van der Waals surface area contributed by atoms with E-state index in [0.717, 1.165) is 6.42 Å². The van der Waals surface area contributed by atoms with Gasteiger partial charge in [-0.05, 0) is 11.8 Å². The number of hydrogen-bond donors (Lipinski definition) is 0. The molecular formula is C14H24O6. The number of rotatable bonds is 6. The Bertz CT molecular complexity index is 353. The van der Waals surface area contributed by atoms with E-state index in [-0.39, 0.29) is 11.3 Å². The quantitative estimate of drug-likeness (QED) is 0.425. The molecule has 0 bridgehead atoms. The summed E-state index contributed by atoms with van der Waals surface area (Å²) in [5.74, 6) is -3.07. The summed E-state index contributed by atoms with van der Waals surface area (Å²) < 4.78 is 0. The molecule has 0 aliphatic carbocycles. The molecule has 0 aromatic carbocycles. The van der Waals surface area contributed by atoms with Gasteiger partial charge in [-0.2, -0.15) is 9.78 Å². The summed E-state index contributed by atoms with van der Waals surface area (Å²) in [6.07, 6.45) is 2.56. The van der Waals surface area contributed by atoms with Crippen molar-refractivity contribution < 1.29 is 29.1 Å². The molecule has 6 heteroatoms. The zero-order valence-corrected chi connectivity index (χ0v) is 12.9. The first-order valence-electron chi connectivity index (χ1n) is 7.06. The van der Waals surface area contributed by atoms with E-state index in [2.05, 4.69) is 19.6 Å². The molecule has 1 saturated heterocycles. The molecule has 1 rings (SSSR count). The van der Waals surface area contributed by atoms with Gasteiger partial charge in [-0.1, -0.05) is 47.5 Å². The minimum Gasteiger partial charge on any atom is -0.247 e. The van der Waals surface area contributed by atoms with Crippen molar-refractivity contribution in [1.82, 2.24) is 0 Å². The summed E-state index contributed by atoms with van der Waals surface area (Å²) in [5.41, 5.74) is -0.257. The van der Waals surface area contributed by atoms with Gasteiger partial charge in [0, 0.05) is 6.42 Å². The molecule has 1 aliphatic heterocycles. The maximum absolute atomic E-state index is 12.0. The first-order chi connectivity index (χ1) is 9.27. The van der Waals surface area contributed by atoms with Crippen LogP contribution in [0.25, 0.3) is 0 Å². The fourth-order valence-electron chi connectivity index (χ4n) is 2.03. The lowest BCUT2D eigenvalue weighted by molar-refractivity contribution is -0.269. The molecule has 6 nitrogen and oxygen atoms in total. The van der Waals surface area contributed by atoms with Crippen LogP contribution < -0.4 is 0 Å². The summed E-state index contributed by atoms with van der Waals surface area (Å²) in [5, 5.41) is 0. The van der Waals surface area contributed by atoms with Crippen LogP contribution in [0.1, 0.15) is 60.3 Å². The first kappa shape index (κ1) is 16.9. The normalized spacial score (nSPS) is 18.2. The van der Waals surface area contributed by atoms with E-state index in [0.29, 0.717) is 19.3 Å². The molecule has 0 radical (unpaired) electrons. The van der Waals surface area contributed by atoms with Gasteiger partial charge in [0.15, 0.2) is 0 Å². The zero-order chi connectivity index (χ0) is 15.4. The van der Waals surface area contributed by atoms with Crippen LogP contribution in [-0.2, 0) is 29.1 Å². The molecular weight excluding hydrogens is 264 g/mol. The van der Waals surface area contributed by atoms with Crippen molar-refractivity contribution in [1.29, 1.82) is 0 Å². The predicted molar refractivity (Wildman–Crippen MR) is 69.8 cm³/mol. The van der Waals surface area contributed by atoms with Gasteiger partial charge < -0.3 is 0 Å². The Kier molecular flexibility index (Phi) is 5.53. The summed E-state index contributed by atoms with van der Waals surface area (Å²) in [6, 6.07) is 0. The molecule has 116 valence electrons. The minimum atomic E-state index is -1.38. The van der Waals surface area contributed by atoms with Crippen LogP contribution in [0.5, 0.6) is 0 Å². The summed E-state index contributed by atoms with van der Waals surface area (Å²) in [6.45, 7) is 9.70. The fraction of sp³-hybridized carbons (Fsp3) is 0.857. The Morgan fingerprint density at radius 1 is 1.10 bits per heavy atom. The topological polar surface area (TPSA) is 77.7 Å². The maximum Gasteiger partial charge on any atom is 0.420 e. The van der Waals surface area contributed by atoms with Crippen LogP contribution in [0.2, 0.25) is 0 Å². The van der Waals surface area contributed by atoms with E-state index in [1.54, 1.807) is 0 Å². The monoisotopic (exact) mass is 288 g/mol. The van der Waals surface area contributed by atoms with E-state index in [9.17, 15) is 9.59 Å². The van der Waals surface area contributed by atoms with E-state index in [4.69, 9.17) is 0 Å². The highest BCUT2D eigenvalue weighted by atomic mass is 17.4. The summed E-state index contributed by atoms with van der Waals surface area (Å²) >= 11 is 0. The van der Waals surface area contributed by atoms with Gasteiger partial charge in [0.05, 0.1) is 5.92 Å². The first-order valence-corrected chi connectivity index (χ1v) is 7.06. The highest BCUT2D eigenvalue weighted by Gasteiger charge is 2.59. The molecule has 0 spiro atoms. The summed E-state index contributed by atoms with van der Waals surface area (Å²) in [7, 11) is 0. The van der Waals surface area contributed by atoms with Crippen LogP contribution in [0.3, 0.4) is 0 Å². The van der Waals surface area contributed by atoms with Crippen LogP contribution in [-0.4, -0.2) is 17.7 Å². The highest BCUT2D eigenvalue weighted by Crippen LogP contribution is 2.36. The molecule has 0 aromatic heterocycles. The Balaban J connectivity index is 2.51. The standard InChI is InChI=1S/C14H24O6/c1-6-8-10(13(3,4)5)11(15)17-18-12(16)14(9-7-2)19-20-14/h10H,6-9H2,1-5H3. The van der Waals surface area contributed by atoms with Crippen LogP contribution in [0, 0.1) is 11.3 Å². The van der Waals surface area contributed by atoms with E-state index in [1.807, 2.05) is 34.6 Å². The van der Waals surface area contributed by atoms with Crippen molar-refractivity contribution in [2.75, 3.05) is 0 Å². The summed E-state index contributed by atoms with van der Waals surface area (Å²) in [4.78, 5) is 42.2. The molecule has 1 heterocycles. The molecule has 1 aliphatic rings. The largest absolute Gasteiger partial charge is 0.420 e. The predicted octanol–water partition coefficient (Wildman–Crippen LogP) is 2.91. The maximum atomic E-state index is 12.0. The van der Waals surface area contributed by atoms with E-state index < -0.39 is 17.7 Å². The third-order valence-corrected chi connectivity index (χ3v) is 3.28.